The SMILES string of the molecule is Cc1ccc([N+](=O)[O-])cc1S(=O)(=O)N1CCC(O)C(C)C1. The van der Waals surface area contributed by atoms with Crippen molar-refractivity contribution in [1.82, 2.24) is 4.31 Å². The molecule has 1 fully saturated rings. The third-order valence-electron chi connectivity index (χ3n) is 3.82. The summed E-state index contributed by atoms with van der Waals surface area (Å²) >= 11 is 0. The highest BCUT2D eigenvalue weighted by molar-refractivity contribution is 7.89. The van der Waals surface area contributed by atoms with Crippen molar-refractivity contribution in [1.29, 1.82) is 0 Å². The van der Waals surface area contributed by atoms with Gasteiger partial charge in [-0.3, -0.25) is 10.1 Å². The summed E-state index contributed by atoms with van der Waals surface area (Å²) in [7, 11) is -3.79. The minimum Gasteiger partial charge on any atom is -0.393 e. The maximum atomic E-state index is 12.7. The zero-order valence-corrected chi connectivity index (χ0v) is 12.7. The molecule has 1 aromatic rings. The number of nitro groups is 1. The lowest BCUT2D eigenvalue weighted by atomic mass is 9.99. The van der Waals surface area contributed by atoms with E-state index in [1.165, 1.54) is 16.4 Å². The molecule has 8 heteroatoms. The fourth-order valence-corrected chi connectivity index (χ4v) is 4.23. The first-order valence-corrected chi connectivity index (χ1v) is 8.10. The van der Waals surface area contributed by atoms with Crippen molar-refractivity contribution >= 4 is 15.7 Å². The van der Waals surface area contributed by atoms with E-state index in [9.17, 15) is 23.6 Å². The quantitative estimate of drug-likeness (QED) is 0.669. The first-order valence-electron chi connectivity index (χ1n) is 6.66. The monoisotopic (exact) mass is 314 g/mol. The molecule has 0 amide bonds. The van der Waals surface area contributed by atoms with Crippen LogP contribution >= 0.6 is 0 Å². The van der Waals surface area contributed by atoms with Crippen molar-refractivity contribution in [2.45, 2.75) is 31.3 Å². The normalized spacial score (nSPS) is 24.0. The zero-order valence-electron chi connectivity index (χ0n) is 11.9. The van der Waals surface area contributed by atoms with Crippen LogP contribution in [0.15, 0.2) is 23.1 Å². The number of sulfonamides is 1. The van der Waals surface area contributed by atoms with Gasteiger partial charge in [0, 0.05) is 25.2 Å². The molecule has 1 aliphatic heterocycles. The Morgan fingerprint density at radius 3 is 2.67 bits per heavy atom. The topological polar surface area (TPSA) is 101 Å². The van der Waals surface area contributed by atoms with Crippen LogP contribution in [0.3, 0.4) is 0 Å². The molecule has 1 aromatic carbocycles. The molecule has 0 saturated carbocycles. The van der Waals surface area contributed by atoms with Gasteiger partial charge in [-0.25, -0.2) is 8.42 Å². The van der Waals surface area contributed by atoms with E-state index >= 15 is 0 Å². The summed E-state index contributed by atoms with van der Waals surface area (Å²) in [5.74, 6) is -0.160. The van der Waals surface area contributed by atoms with E-state index in [0.717, 1.165) is 6.07 Å². The van der Waals surface area contributed by atoms with E-state index in [-0.39, 0.29) is 29.6 Å². The Labute approximate surface area is 123 Å². The number of nitro benzene ring substituents is 1. The summed E-state index contributed by atoms with van der Waals surface area (Å²) in [6.45, 7) is 3.83. The molecule has 21 heavy (non-hydrogen) atoms. The lowest BCUT2D eigenvalue weighted by molar-refractivity contribution is -0.385. The van der Waals surface area contributed by atoms with E-state index in [2.05, 4.69) is 0 Å². The van der Waals surface area contributed by atoms with Crippen LogP contribution in [0.4, 0.5) is 5.69 Å². The second kappa shape index (κ2) is 5.70. The Morgan fingerprint density at radius 1 is 1.43 bits per heavy atom. The van der Waals surface area contributed by atoms with Crippen molar-refractivity contribution in [2.24, 2.45) is 5.92 Å². The molecule has 0 aliphatic carbocycles. The van der Waals surface area contributed by atoms with E-state index in [1.54, 1.807) is 13.8 Å². The number of nitrogens with zero attached hydrogens (tertiary/aromatic N) is 2. The van der Waals surface area contributed by atoms with E-state index in [1.807, 2.05) is 0 Å². The Kier molecular flexibility index (Phi) is 4.31. The summed E-state index contributed by atoms with van der Waals surface area (Å²) in [6.07, 6.45) is -0.142. The van der Waals surface area contributed by atoms with Gasteiger partial charge in [0.2, 0.25) is 10.0 Å². The lowest BCUT2D eigenvalue weighted by Crippen LogP contribution is -2.45. The maximum Gasteiger partial charge on any atom is 0.270 e. The third kappa shape index (κ3) is 3.07. The van der Waals surface area contributed by atoms with Crippen LogP contribution in [-0.2, 0) is 10.0 Å². The van der Waals surface area contributed by atoms with Crippen LogP contribution in [0.25, 0.3) is 0 Å². The van der Waals surface area contributed by atoms with Crippen molar-refractivity contribution in [2.75, 3.05) is 13.1 Å². The highest BCUT2D eigenvalue weighted by Gasteiger charge is 2.34. The first-order chi connectivity index (χ1) is 9.73. The minimum atomic E-state index is -3.79. The van der Waals surface area contributed by atoms with Crippen LogP contribution in [0.2, 0.25) is 0 Å². The largest absolute Gasteiger partial charge is 0.393 e. The standard InChI is InChI=1S/C13H18N2O5S/c1-9-3-4-11(15(17)18)7-13(9)21(19,20)14-6-5-12(16)10(2)8-14/h3-4,7,10,12,16H,5-6,8H2,1-2H3. The third-order valence-corrected chi connectivity index (χ3v) is 5.83. The van der Waals surface area contributed by atoms with Gasteiger partial charge in [0.15, 0.2) is 0 Å². The minimum absolute atomic E-state index is 0.0414. The van der Waals surface area contributed by atoms with Gasteiger partial charge in [-0.05, 0) is 24.8 Å². The number of hydrogen-bond acceptors (Lipinski definition) is 5. The molecular formula is C13H18N2O5S. The van der Waals surface area contributed by atoms with Crippen LogP contribution in [0.1, 0.15) is 18.9 Å². The van der Waals surface area contributed by atoms with E-state index < -0.39 is 21.1 Å². The molecule has 1 aliphatic rings. The lowest BCUT2D eigenvalue weighted by Gasteiger charge is -2.33. The maximum absolute atomic E-state index is 12.7. The number of aryl methyl sites for hydroxylation is 1. The number of aliphatic hydroxyl groups is 1. The molecule has 1 heterocycles. The van der Waals surface area contributed by atoms with E-state index in [4.69, 9.17) is 0 Å². The van der Waals surface area contributed by atoms with Gasteiger partial charge in [0.1, 0.15) is 0 Å². The number of aliphatic hydroxyl groups excluding tert-OH is 1. The van der Waals surface area contributed by atoms with Crippen molar-refractivity contribution in [3.8, 4) is 0 Å². The molecule has 7 nitrogen and oxygen atoms in total. The molecule has 2 rings (SSSR count). The molecular weight excluding hydrogens is 296 g/mol. The zero-order chi connectivity index (χ0) is 15.8. The number of non-ortho nitro benzene ring substituents is 1. The smallest absolute Gasteiger partial charge is 0.270 e. The predicted octanol–water partition coefficient (Wildman–Crippen LogP) is 1.29. The molecule has 0 aromatic heterocycles. The second-order valence-electron chi connectivity index (χ2n) is 5.40. The van der Waals surface area contributed by atoms with Gasteiger partial charge in [-0.15, -0.1) is 0 Å². The van der Waals surface area contributed by atoms with E-state index in [0.29, 0.717) is 12.0 Å². The fraction of sp³-hybridized carbons (Fsp3) is 0.538. The molecule has 0 bridgehead atoms. The van der Waals surface area contributed by atoms with Gasteiger partial charge in [-0.1, -0.05) is 13.0 Å². The van der Waals surface area contributed by atoms with Crippen molar-refractivity contribution in [3.63, 3.8) is 0 Å². The summed E-state index contributed by atoms with van der Waals surface area (Å²) in [5, 5.41) is 20.5. The summed E-state index contributed by atoms with van der Waals surface area (Å²) in [6, 6.07) is 3.82. The fourth-order valence-electron chi connectivity index (χ4n) is 2.43. The predicted molar refractivity (Wildman–Crippen MR) is 76.4 cm³/mol. The van der Waals surface area contributed by atoms with Crippen LogP contribution < -0.4 is 0 Å². The molecule has 2 unspecified atom stereocenters. The van der Waals surface area contributed by atoms with Gasteiger partial charge in [-0.2, -0.15) is 4.31 Å². The number of hydrogen-bond donors (Lipinski definition) is 1. The first kappa shape index (κ1) is 15.9. The molecule has 116 valence electrons. The van der Waals surface area contributed by atoms with Crippen molar-refractivity contribution in [3.05, 3.63) is 33.9 Å². The number of benzene rings is 1. The van der Waals surface area contributed by atoms with Gasteiger partial charge < -0.3 is 5.11 Å². The number of rotatable bonds is 3. The number of piperidine rings is 1. The molecule has 0 spiro atoms. The molecule has 1 N–H and O–H groups in total. The average Bonchev–Trinajstić information content (AvgIpc) is 2.41. The Bertz CT molecular complexity index is 659. The summed E-state index contributed by atoms with van der Waals surface area (Å²) in [5.41, 5.74) is 0.226. The Morgan fingerprint density at radius 2 is 2.10 bits per heavy atom. The Balaban J connectivity index is 2.40. The van der Waals surface area contributed by atoms with Gasteiger partial charge in [0.25, 0.3) is 5.69 Å². The van der Waals surface area contributed by atoms with Crippen LogP contribution in [0, 0.1) is 23.0 Å². The molecule has 1 saturated heterocycles. The highest BCUT2D eigenvalue weighted by Crippen LogP contribution is 2.28. The van der Waals surface area contributed by atoms with Gasteiger partial charge in [0.05, 0.1) is 15.9 Å². The summed E-state index contributed by atoms with van der Waals surface area (Å²) in [4.78, 5) is 10.2. The van der Waals surface area contributed by atoms with Crippen LogP contribution in [-0.4, -0.2) is 41.9 Å². The Hall–Kier alpha value is -1.51. The van der Waals surface area contributed by atoms with Gasteiger partial charge >= 0.3 is 0 Å². The second-order valence-corrected chi connectivity index (χ2v) is 7.31. The molecule has 0 radical (unpaired) electrons. The average molecular weight is 314 g/mol. The van der Waals surface area contributed by atoms with Crippen LogP contribution in [0.5, 0.6) is 0 Å². The van der Waals surface area contributed by atoms with Crippen molar-refractivity contribution < 1.29 is 18.4 Å². The molecule has 2 atom stereocenters. The summed E-state index contributed by atoms with van der Waals surface area (Å²) < 4.78 is 26.6. The highest BCUT2D eigenvalue weighted by atomic mass is 32.2.